The highest BCUT2D eigenvalue weighted by Crippen LogP contribution is 2.73. The first kappa shape index (κ1) is 27.4. The molecule has 5 aromatic rings. The molecule has 5 aromatic carbocycles. The number of nitrogens with zero attached hydrogens (tertiary/aromatic N) is 2. The van der Waals surface area contributed by atoms with Gasteiger partial charge in [-0.1, -0.05) is 152 Å². The van der Waals surface area contributed by atoms with E-state index in [0.29, 0.717) is 13.1 Å². The second-order valence-corrected chi connectivity index (χ2v) is 13.9. The van der Waals surface area contributed by atoms with Gasteiger partial charge in [-0.3, -0.25) is 4.57 Å². The molecule has 0 aromatic heterocycles. The van der Waals surface area contributed by atoms with Crippen molar-refractivity contribution in [1.82, 2.24) is 9.34 Å². The molecule has 206 valence electrons. The van der Waals surface area contributed by atoms with Crippen molar-refractivity contribution >= 4 is 7.44 Å². The zero-order valence-corrected chi connectivity index (χ0v) is 24.4. The Kier molecular flexibility index (Phi) is 8.30. The largest absolute Gasteiger partial charge is 0.288 e. The molecule has 0 N–H and O–H groups in total. The normalized spacial score (nSPS) is 22.3. The maximum atomic E-state index is 16.4. The summed E-state index contributed by atoms with van der Waals surface area (Å²) in [5.74, 6) is 0. The van der Waals surface area contributed by atoms with Crippen molar-refractivity contribution in [3.05, 3.63) is 179 Å². The quantitative estimate of drug-likeness (QED) is 0.178. The van der Waals surface area contributed by atoms with Gasteiger partial charge in [-0.2, -0.15) is 0 Å². The first-order valence-electron chi connectivity index (χ1n) is 14.5. The molecule has 0 radical (unpaired) electrons. The van der Waals surface area contributed by atoms with Gasteiger partial charge in [0.05, 0.1) is 5.66 Å². The van der Waals surface area contributed by atoms with Crippen molar-refractivity contribution in [3.63, 3.8) is 0 Å². The van der Waals surface area contributed by atoms with Crippen LogP contribution in [0.25, 0.3) is 0 Å². The van der Waals surface area contributed by atoms with Gasteiger partial charge in [0.1, 0.15) is 0 Å². The molecule has 3 unspecified atom stereocenters. The summed E-state index contributed by atoms with van der Waals surface area (Å²) in [4.78, 5) is 0. The van der Waals surface area contributed by atoms with Gasteiger partial charge in [-0.25, -0.2) is 9.34 Å². The molecular formula is C37H37N2OP. The van der Waals surface area contributed by atoms with Crippen LogP contribution in [-0.4, -0.2) is 9.34 Å². The highest BCUT2D eigenvalue weighted by Gasteiger charge is 2.53. The monoisotopic (exact) mass is 556 g/mol. The lowest BCUT2D eigenvalue weighted by Gasteiger charge is -2.54. The van der Waals surface area contributed by atoms with E-state index < -0.39 is 7.44 Å². The van der Waals surface area contributed by atoms with Gasteiger partial charge in [0.25, 0.3) is 0 Å². The average molecular weight is 557 g/mol. The summed E-state index contributed by atoms with van der Waals surface area (Å²) in [5.41, 5.74) is 5.67. The van der Waals surface area contributed by atoms with Crippen LogP contribution in [0.1, 0.15) is 58.9 Å². The van der Waals surface area contributed by atoms with Crippen molar-refractivity contribution in [1.29, 1.82) is 0 Å². The summed E-state index contributed by atoms with van der Waals surface area (Å²) in [5, 5.41) is 0. The van der Waals surface area contributed by atoms with Crippen LogP contribution < -0.4 is 0 Å². The Morgan fingerprint density at radius 2 is 0.902 bits per heavy atom. The first-order valence-corrected chi connectivity index (χ1v) is 16.2. The Morgan fingerprint density at radius 1 is 0.561 bits per heavy atom. The van der Waals surface area contributed by atoms with E-state index in [-0.39, 0.29) is 17.7 Å². The molecule has 1 fully saturated rings. The minimum absolute atomic E-state index is 0.00867. The molecule has 6 rings (SSSR count). The van der Waals surface area contributed by atoms with Crippen LogP contribution in [0.3, 0.4) is 0 Å². The lowest BCUT2D eigenvalue weighted by molar-refractivity contribution is 0.151. The molecule has 3 atom stereocenters. The zero-order chi connectivity index (χ0) is 28.1. The first-order chi connectivity index (χ1) is 20.1. The number of rotatable bonds is 8. The third kappa shape index (κ3) is 5.72. The predicted octanol–water partition coefficient (Wildman–Crippen LogP) is 9.83. The maximum absolute atomic E-state index is 16.4. The van der Waals surface area contributed by atoms with Gasteiger partial charge in [0, 0.05) is 25.2 Å². The number of hydrogen-bond donors (Lipinski definition) is 0. The van der Waals surface area contributed by atoms with Crippen LogP contribution >= 0.6 is 7.44 Å². The van der Waals surface area contributed by atoms with Gasteiger partial charge in [0.15, 0.2) is 0 Å². The molecular weight excluding hydrogens is 519 g/mol. The topological polar surface area (TPSA) is 23.6 Å². The minimum Gasteiger partial charge on any atom is -0.288 e. The van der Waals surface area contributed by atoms with Crippen molar-refractivity contribution in [3.8, 4) is 0 Å². The van der Waals surface area contributed by atoms with E-state index in [0.717, 1.165) is 12.0 Å². The van der Waals surface area contributed by atoms with Crippen LogP contribution in [0.2, 0.25) is 0 Å². The molecule has 4 heteroatoms. The van der Waals surface area contributed by atoms with E-state index >= 15 is 4.57 Å². The van der Waals surface area contributed by atoms with E-state index in [9.17, 15) is 0 Å². The third-order valence-electron chi connectivity index (χ3n) is 8.43. The molecule has 0 spiro atoms. The fourth-order valence-electron chi connectivity index (χ4n) is 6.30. The van der Waals surface area contributed by atoms with Gasteiger partial charge in [-0.15, -0.1) is 0 Å². The van der Waals surface area contributed by atoms with Gasteiger partial charge in [-0.05, 0) is 41.2 Å². The van der Waals surface area contributed by atoms with E-state index in [1.807, 2.05) is 18.2 Å². The molecule has 0 aliphatic carbocycles. The molecule has 1 aliphatic rings. The summed E-state index contributed by atoms with van der Waals surface area (Å²) in [6.45, 7) is 3.39. The van der Waals surface area contributed by atoms with Crippen molar-refractivity contribution < 1.29 is 4.57 Å². The van der Waals surface area contributed by atoms with Crippen LogP contribution in [0.5, 0.6) is 0 Å². The van der Waals surface area contributed by atoms with Crippen LogP contribution in [0.15, 0.2) is 152 Å². The second kappa shape index (κ2) is 12.4. The summed E-state index contributed by atoms with van der Waals surface area (Å²) < 4.78 is 21.1. The smallest absolute Gasteiger partial charge is 0.225 e. The lowest BCUT2D eigenvalue weighted by Crippen LogP contribution is -2.44. The minimum atomic E-state index is -3.25. The Morgan fingerprint density at radius 3 is 1.29 bits per heavy atom. The summed E-state index contributed by atoms with van der Waals surface area (Å²) in [6.07, 6.45) is 0.846. The van der Waals surface area contributed by atoms with Gasteiger partial charge < -0.3 is 0 Å². The van der Waals surface area contributed by atoms with Crippen LogP contribution in [0.4, 0.5) is 0 Å². The lowest BCUT2D eigenvalue weighted by atomic mass is 9.94. The highest BCUT2D eigenvalue weighted by atomic mass is 31.2. The number of benzene rings is 5. The SMILES string of the molecule is CC(c1ccccc1)P1(=O)N(Cc2ccccc2)C(c2ccccc2)CC(c2ccccc2)N1Cc1ccccc1. The maximum Gasteiger partial charge on any atom is 0.225 e. The Bertz CT molecular complexity index is 1470. The molecule has 41 heavy (non-hydrogen) atoms. The van der Waals surface area contributed by atoms with Crippen molar-refractivity contribution in [2.75, 3.05) is 0 Å². The fourth-order valence-corrected chi connectivity index (χ4v) is 10.0. The molecule has 1 saturated heterocycles. The Hall–Kier alpha value is -3.75. The van der Waals surface area contributed by atoms with Crippen molar-refractivity contribution in [2.24, 2.45) is 0 Å². The zero-order valence-electron chi connectivity index (χ0n) is 23.5. The van der Waals surface area contributed by atoms with E-state index in [1.165, 1.54) is 22.3 Å². The summed E-state index contributed by atoms with van der Waals surface area (Å²) in [7, 11) is -3.25. The number of hydrogen-bond acceptors (Lipinski definition) is 1. The molecule has 3 nitrogen and oxygen atoms in total. The third-order valence-corrected chi connectivity index (χ3v) is 12.1. The van der Waals surface area contributed by atoms with Gasteiger partial charge >= 0.3 is 0 Å². The second-order valence-electron chi connectivity index (χ2n) is 10.9. The Labute approximate surface area is 244 Å². The molecule has 1 aliphatic heterocycles. The van der Waals surface area contributed by atoms with E-state index in [4.69, 9.17) is 0 Å². The molecule has 0 bridgehead atoms. The fraction of sp³-hybridized carbons (Fsp3) is 0.189. The van der Waals surface area contributed by atoms with E-state index in [2.05, 4.69) is 150 Å². The van der Waals surface area contributed by atoms with Crippen LogP contribution in [0, 0.1) is 0 Å². The van der Waals surface area contributed by atoms with Crippen LogP contribution in [-0.2, 0) is 17.7 Å². The van der Waals surface area contributed by atoms with Gasteiger partial charge in [0.2, 0.25) is 7.44 Å². The molecule has 0 saturated carbocycles. The van der Waals surface area contributed by atoms with Crippen molar-refractivity contribution in [2.45, 2.75) is 44.2 Å². The standard InChI is InChI=1S/C37H37N2OP/c1-30(33-21-11-4-12-22-33)41(40)38(28-31-17-7-2-8-18-31)36(34-23-13-5-14-24-34)27-37(35-25-15-6-16-26-35)39(41)29-32-19-9-3-10-20-32/h2-26,30,36-37H,27-29H2,1H3. The Balaban J connectivity index is 1.58. The average Bonchev–Trinajstić information content (AvgIpc) is 3.05. The highest BCUT2D eigenvalue weighted by molar-refractivity contribution is 7.59. The molecule has 0 amide bonds. The predicted molar refractivity (Wildman–Crippen MR) is 169 cm³/mol. The summed E-state index contributed by atoms with van der Waals surface area (Å²) >= 11 is 0. The van der Waals surface area contributed by atoms with E-state index in [1.54, 1.807) is 0 Å². The summed E-state index contributed by atoms with van der Waals surface area (Å²) in [6, 6.07) is 52.8. The molecule has 1 heterocycles.